The number of pyridine rings is 1. The van der Waals surface area contributed by atoms with Crippen molar-refractivity contribution in [2.75, 3.05) is 13.7 Å². The molecule has 0 aliphatic carbocycles. The number of amides is 1. The minimum atomic E-state index is -0.534. The molecule has 0 atom stereocenters. The lowest BCUT2D eigenvalue weighted by Gasteiger charge is -2.13. The molecular weight excluding hydrogens is 419 g/mol. The molecule has 1 aromatic carbocycles. The summed E-state index contributed by atoms with van der Waals surface area (Å²) in [5.41, 5.74) is 4.30. The smallest absolute Gasteiger partial charge is 0.278 e. The number of halogens is 2. The zero-order valence-corrected chi connectivity index (χ0v) is 16.2. The summed E-state index contributed by atoms with van der Waals surface area (Å²) < 4.78 is 24.0. The van der Waals surface area contributed by atoms with E-state index in [0.29, 0.717) is 21.3 Å². The second kappa shape index (κ2) is 9.75. The van der Waals surface area contributed by atoms with Crippen LogP contribution in [0, 0.1) is 24.1 Å². The molecule has 0 unspecified atom stereocenters. The van der Waals surface area contributed by atoms with Crippen molar-refractivity contribution in [3.63, 3.8) is 0 Å². The van der Waals surface area contributed by atoms with Crippen molar-refractivity contribution in [3.8, 4) is 11.9 Å². The van der Waals surface area contributed by atoms with Crippen LogP contribution in [0.3, 0.4) is 0 Å². The highest BCUT2D eigenvalue weighted by Gasteiger charge is 2.18. The molecule has 1 amide bonds. The summed E-state index contributed by atoms with van der Waals surface area (Å²) in [6.45, 7) is 1.55. The Morgan fingerprint density at radius 2 is 2.15 bits per heavy atom. The summed E-state index contributed by atoms with van der Waals surface area (Å²) in [5, 5.41) is 13.2. The molecule has 0 aliphatic rings. The average molecular weight is 435 g/mol. The predicted molar refractivity (Wildman–Crippen MR) is 99.7 cm³/mol. The second-order valence-electron chi connectivity index (χ2n) is 5.35. The van der Waals surface area contributed by atoms with Crippen LogP contribution in [-0.4, -0.2) is 30.8 Å². The number of aryl methyl sites for hydroxylation is 1. The molecule has 1 aromatic heterocycles. The SMILES string of the molecule is COCc1c(Br)c(C)nc(OCC(=O)N/N=C/c2ccc(F)cc2)c1C#N. The van der Waals surface area contributed by atoms with E-state index in [1.807, 2.05) is 6.07 Å². The van der Waals surface area contributed by atoms with Crippen LogP contribution in [-0.2, 0) is 16.1 Å². The number of hydrogen-bond acceptors (Lipinski definition) is 6. The molecule has 0 bridgehead atoms. The van der Waals surface area contributed by atoms with Gasteiger partial charge < -0.3 is 9.47 Å². The van der Waals surface area contributed by atoms with Gasteiger partial charge in [-0.2, -0.15) is 10.4 Å². The van der Waals surface area contributed by atoms with E-state index in [2.05, 4.69) is 31.4 Å². The Bertz CT molecular complexity index is 895. The monoisotopic (exact) mass is 434 g/mol. The first-order chi connectivity index (χ1) is 13.0. The van der Waals surface area contributed by atoms with E-state index in [9.17, 15) is 14.4 Å². The number of nitriles is 1. The van der Waals surface area contributed by atoms with Gasteiger partial charge in [0.15, 0.2) is 6.61 Å². The molecule has 140 valence electrons. The van der Waals surface area contributed by atoms with Gasteiger partial charge in [0, 0.05) is 17.1 Å². The van der Waals surface area contributed by atoms with E-state index >= 15 is 0 Å². The van der Waals surface area contributed by atoms with Crippen LogP contribution >= 0.6 is 15.9 Å². The van der Waals surface area contributed by atoms with Crippen LogP contribution < -0.4 is 10.2 Å². The topological polar surface area (TPSA) is 96.6 Å². The predicted octanol–water partition coefficient (Wildman–Crippen LogP) is 2.84. The molecule has 0 aliphatic heterocycles. The minimum absolute atomic E-state index is 0.0444. The highest BCUT2D eigenvalue weighted by atomic mass is 79.9. The number of ether oxygens (including phenoxy) is 2. The first-order valence-corrected chi connectivity index (χ1v) is 8.53. The third-order valence-electron chi connectivity index (χ3n) is 3.38. The largest absolute Gasteiger partial charge is 0.467 e. The molecule has 0 saturated carbocycles. The van der Waals surface area contributed by atoms with Gasteiger partial charge in [-0.1, -0.05) is 12.1 Å². The minimum Gasteiger partial charge on any atom is -0.467 e. The van der Waals surface area contributed by atoms with Gasteiger partial charge in [0.25, 0.3) is 5.91 Å². The van der Waals surface area contributed by atoms with Crippen LogP contribution in [0.15, 0.2) is 33.8 Å². The number of nitrogens with zero attached hydrogens (tertiary/aromatic N) is 3. The van der Waals surface area contributed by atoms with Gasteiger partial charge in [0.2, 0.25) is 5.88 Å². The van der Waals surface area contributed by atoms with Crippen molar-refractivity contribution in [1.82, 2.24) is 10.4 Å². The van der Waals surface area contributed by atoms with E-state index in [-0.39, 0.29) is 30.5 Å². The number of rotatable bonds is 7. The lowest BCUT2D eigenvalue weighted by molar-refractivity contribution is -0.123. The molecule has 0 spiro atoms. The van der Waals surface area contributed by atoms with Crippen LogP contribution in [0.5, 0.6) is 5.88 Å². The summed E-state index contributed by atoms with van der Waals surface area (Å²) in [6, 6.07) is 7.63. The number of hydrazone groups is 1. The summed E-state index contributed by atoms with van der Waals surface area (Å²) >= 11 is 3.38. The zero-order valence-electron chi connectivity index (χ0n) is 14.6. The van der Waals surface area contributed by atoms with Crippen molar-refractivity contribution in [2.45, 2.75) is 13.5 Å². The molecule has 7 nitrogen and oxygen atoms in total. The third-order valence-corrected chi connectivity index (χ3v) is 4.43. The van der Waals surface area contributed by atoms with Gasteiger partial charge in [-0.3, -0.25) is 4.79 Å². The summed E-state index contributed by atoms with van der Waals surface area (Å²) in [4.78, 5) is 16.1. The number of carbonyl (C=O) groups excluding carboxylic acids is 1. The van der Waals surface area contributed by atoms with Crippen LogP contribution in [0.2, 0.25) is 0 Å². The van der Waals surface area contributed by atoms with E-state index in [1.165, 1.54) is 37.6 Å². The number of carbonyl (C=O) groups is 1. The molecule has 1 heterocycles. The van der Waals surface area contributed by atoms with E-state index in [1.54, 1.807) is 6.92 Å². The van der Waals surface area contributed by atoms with Crippen LogP contribution in [0.25, 0.3) is 0 Å². The number of methoxy groups -OCH3 is 1. The quantitative estimate of drug-likeness (QED) is 0.533. The molecule has 0 radical (unpaired) electrons. The Hall–Kier alpha value is -2.83. The lowest BCUT2D eigenvalue weighted by Crippen LogP contribution is -2.25. The number of benzene rings is 1. The third kappa shape index (κ3) is 5.57. The van der Waals surface area contributed by atoms with E-state index in [4.69, 9.17) is 9.47 Å². The van der Waals surface area contributed by atoms with Crippen LogP contribution in [0.4, 0.5) is 4.39 Å². The first kappa shape index (κ1) is 20.5. The molecule has 1 N–H and O–H groups in total. The van der Waals surface area contributed by atoms with Gasteiger partial charge in [0.05, 0.1) is 18.5 Å². The highest BCUT2D eigenvalue weighted by molar-refractivity contribution is 9.10. The molecule has 0 fully saturated rings. The van der Waals surface area contributed by atoms with Crippen molar-refractivity contribution >= 4 is 28.1 Å². The molecular formula is C18H16BrFN4O3. The molecule has 2 rings (SSSR count). The van der Waals surface area contributed by atoms with Crippen molar-refractivity contribution in [3.05, 3.63) is 56.9 Å². The zero-order chi connectivity index (χ0) is 19.8. The summed E-state index contributed by atoms with van der Waals surface area (Å²) in [7, 11) is 1.51. The molecule has 27 heavy (non-hydrogen) atoms. The average Bonchev–Trinajstić information content (AvgIpc) is 2.65. The Labute approximate surface area is 163 Å². The normalized spacial score (nSPS) is 10.6. The summed E-state index contributed by atoms with van der Waals surface area (Å²) in [6.07, 6.45) is 1.37. The number of hydrogen-bond donors (Lipinski definition) is 1. The Kier molecular flexibility index (Phi) is 7.40. The van der Waals surface area contributed by atoms with E-state index < -0.39 is 5.91 Å². The second-order valence-corrected chi connectivity index (χ2v) is 6.14. The van der Waals surface area contributed by atoms with Gasteiger partial charge in [-0.05, 0) is 40.5 Å². The fraction of sp³-hybridized carbons (Fsp3) is 0.222. The number of nitrogens with one attached hydrogen (secondary N) is 1. The van der Waals surface area contributed by atoms with Gasteiger partial charge in [-0.25, -0.2) is 14.8 Å². The Morgan fingerprint density at radius 3 is 2.78 bits per heavy atom. The van der Waals surface area contributed by atoms with Crippen molar-refractivity contribution < 1.29 is 18.7 Å². The maximum Gasteiger partial charge on any atom is 0.278 e. The fourth-order valence-corrected chi connectivity index (χ4v) is 2.51. The van der Waals surface area contributed by atoms with Gasteiger partial charge in [-0.15, -0.1) is 0 Å². The van der Waals surface area contributed by atoms with E-state index in [0.717, 1.165) is 0 Å². The maximum absolute atomic E-state index is 12.8. The van der Waals surface area contributed by atoms with Crippen molar-refractivity contribution in [1.29, 1.82) is 5.26 Å². The van der Waals surface area contributed by atoms with Crippen molar-refractivity contribution in [2.24, 2.45) is 5.10 Å². The maximum atomic E-state index is 12.8. The standard InChI is InChI=1S/C18H16BrFN4O3/c1-11-17(19)15(9-26-2)14(7-21)18(23-11)27-10-16(25)24-22-8-12-3-5-13(20)6-4-12/h3-6,8H,9-10H2,1-2H3,(H,24,25)/b22-8+. The molecule has 0 saturated heterocycles. The molecule has 2 aromatic rings. The Balaban J connectivity index is 2.02. The van der Waals surface area contributed by atoms with Crippen LogP contribution in [0.1, 0.15) is 22.4 Å². The molecule has 9 heteroatoms. The number of aromatic nitrogens is 1. The summed E-state index contributed by atoms with van der Waals surface area (Å²) in [5.74, 6) is -0.848. The van der Waals surface area contributed by atoms with Gasteiger partial charge >= 0.3 is 0 Å². The Morgan fingerprint density at radius 1 is 1.44 bits per heavy atom. The highest BCUT2D eigenvalue weighted by Crippen LogP contribution is 2.29. The first-order valence-electron chi connectivity index (χ1n) is 7.74. The van der Waals surface area contributed by atoms with Gasteiger partial charge in [0.1, 0.15) is 17.4 Å². The lowest BCUT2D eigenvalue weighted by atomic mass is 10.1. The fourth-order valence-electron chi connectivity index (χ4n) is 2.11.